The first kappa shape index (κ1) is 13.7. The molecule has 0 aromatic carbocycles. The van der Waals surface area contributed by atoms with Crippen molar-refractivity contribution in [2.45, 2.75) is 33.7 Å². The van der Waals surface area contributed by atoms with E-state index in [9.17, 15) is 0 Å². The average molecular weight is 330 g/mol. The van der Waals surface area contributed by atoms with Crippen molar-refractivity contribution in [2.24, 2.45) is 11.1 Å². The summed E-state index contributed by atoms with van der Waals surface area (Å²) in [5.74, 6) is 1.09. The number of halogens is 1. The molecule has 0 aliphatic rings. The Morgan fingerprint density at radius 1 is 1.44 bits per heavy atom. The molecule has 2 rings (SSSR count). The smallest absolute Gasteiger partial charge is 0.268 e. The van der Waals surface area contributed by atoms with E-state index in [4.69, 9.17) is 10.3 Å². The van der Waals surface area contributed by atoms with E-state index in [1.54, 1.807) is 11.3 Å². The molecule has 2 heterocycles. The monoisotopic (exact) mass is 329 g/mol. The fraction of sp³-hybridized carbons (Fsp3) is 0.500. The van der Waals surface area contributed by atoms with Crippen molar-refractivity contribution < 1.29 is 4.52 Å². The van der Waals surface area contributed by atoms with Gasteiger partial charge in [0.2, 0.25) is 0 Å². The molecule has 0 aliphatic carbocycles. The SMILES string of the molecule is Cc1cc(-c2nc(C(N)C(C)(C)C)no2)sc1Br. The number of nitrogens with zero attached hydrogens (tertiary/aromatic N) is 2. The van der Waals surface area contributed by atoms with Crippen LogP contribution in [0.5, 0.6) is 0 Å². The highest BCUT2D eigenvalue weighted by Gasteiger charge is 2.27. The molecule has 0 fully saturated rings. The van der Waals surface area contributed by atoms with E-state index in [0.29, 0.717) is 11.7 Å². The van der Waals surface area contributed by atoms with Crippen molar-refractivity contribution in [3.8, 4) is 10.8 Å². The predicted molar refractivity (Wildman–Crippen MR) is 76.4 cm³/mol. The lowest BCUT2D eigenvalue weighted by atomic mass is 9.87. The van der Waals surface area contributed by atoms with Crippen molar-refractivity contribution in [2.75, 3.05) is 0 Å². The van der Waals surface area contributed by atoms with Crippen LogP contribution in [0.15, 0.2) is 14.4 Å². The third-order valence-corrected chi connectivity index (χ3v) is 4.85. The lowest BCUT2D eigenvalue weighted by Crippen LogP contribution is -2.27. The minimum absolute atomic E-state index is 0.0902. The van der Waals surface area contributed by atoms with E-state index in [2.05, 4.69) is 46.8 Å². The summed E-state index contributed by atoms with van der Waals surface area (Å²) in [6.45, 7) is 8.20. The van der Waals surface area contributed by atoms with Crippen LogP contribution in [-0.2, 0) is 0 Å². The summed E-state index contributed by atoms with van der Waals surface area (Å²) in [6.07, 6.45) is 0. The van der Waals surface area contributed by atoms with Gasteiger partial charge in [0.25, 0.3) is 5.89 Å². The topological polar surface area (TPSA) is 64.9 Å². The van der Waals surface area contributed by atoms with Crippen LogP contribution < -0.4 is 5.73 Å². The Bertz CT molecular complexity index is 536. The molecule has 2 aromatic rings. The van der Waals surface area contributed by atoms with Crippen molar-refractivity contribution in [3.63, 3.8) is 0 Å². The molecule has 2 aromatic heterocycles. The maximum atomic E-state index is 6.11. The van der Waals surface area contributed by atoms with Gasteiger partial charge in [0.1, 0.15) is 0 Å². The van der Waals surface area contributed by atoms with Gasteiger partial charge in [-0.25, -0.2) is 0 Å². The van der Waals surface area contributed by atoms with Crippen molar-refractivity contribution in [1.82, 2.24) is 10.1 Å². The van der Waals surface area contributed by atoms with Crippen LogP contribution in [0.4, 0.5) is 0 Å². The normalized spacial score (nSPS) is 13.9. The second-order valence-electron chi connectivity index (χ2n) is 5.37. The van der Waals surface area contributed by atoms with Crippen molar-refractivity contribution in [1.29, 1.82) is 0 Å². The highest BCUT2D eigenvalue weighted by molar-refractivity contribution is 9.11. The number of nitrogens with two attached hydrogens (primary N) is 1. The van der Waals surface area contributed by atoms with Gasteiger partial charge in [-0.05, 0) is 39.9 Å². The largest absolute Gasteiger partial charge is 0.333 e. The molecule has 0 radical (unpaired) electrons. The van der Waals surface area contributed by atoms with E-state index >= 15 is 0 Å². The van der Waals surface area contributed by atoms with E-state index < -0.39 is 0 Å². The summed E-state index contributed by atoms with van der Waals surface area (Å²) in [5, 5.41) is 3.98. The standard InChI is InChI=1S/C12H16BrN3OS/c1-6-5-7(18-9(6)13)11-15-10(16-17-11)8(14)12(2,3)4/h5,8H,14H2,1-4H3. The summed E-state index contributed by atoms with van der Waals surface area (Å²) in [6, 6.07) is 1.79. The maximum absolute atomic E-state index is 6.11. The molecule has 0 saturated carbocycles. The average Bonchev–Trinajstić information content (AvgIpc) is 2.84. The van der Waals surface area contributed by atoms with Gasteiger partial charge in [-0.3, -0.25) is 0 Å². The molecule has 0 amide bonds. The van der Waals surface area contributed by atoms with Crippen molar-refractivity contribution in [3.05, 3.63) is 21.2 Å². The van der Waals surface area contributed by atoms with Gasteiger partial charge in [-0.1, -0.05) is 25.9 Å². The Balaban J connectivity index is 2.31. The molecule has 1 unspecified atom stereocenters. The van der Waals surface area contributed by atoms with Gasteiger partial charge >= 0.3 is 0 Å². The number of thiophene rings is 1. The Morgan fingerprint density at radius 2 is 2.11 bits per heavy atom. The summed E-state index contributed by atoms with van der Waals surface area (Å²) in [4.78, 5) is 5.35. The van der Waals surface area contributed by atoms with Crippen LogP contribution in [0.1, 0.15) is 38.2 Å². The summed E-state index contributed by atoms with van der Waals surface area (Å²) in [7, 11) is 0. The number of hydrogen-bond donors (Lipinski definition) is 1. The van der Waals surface area contributed by atoms with Crippen molar-refractivity contribution >= 4 is 27.3 Å². The van der Waals surface area contributed by atoms with Crippen LogP contribution in [0, 0.1) is 12.3 Å². The van der Waals surface area contributed by atoms with Crippen LogP contribution in [-0.4, -0.2) is 10.1 Å². The zero-order valence-electron chi connectivity index (χ0n) is 10.8. The lowest BCUT2D eigenvalue weighted by Gasteiger charge is -2.23. The summed E-state index contributed by atoms with van der Waals surface area (Å²) < 4.78 is 6.36. The highest BCUT2D eigenvalue weighted by atomic mass is 79.9. The number of aromatic nitrogens is 2. The molecule has 4 nitrogen and oxygen atoms in total. The molecular weight excluding hydrogens is 314 g/mol. The minimum Gasteiger partial charge on any atom is -0.333 e. The third kappa shape index (κ3) is 2.65. The van der Waals surface area contributed by atoms with Gasteiger partial charge in [0.15, 0.2) is 5.82 Å². The fourth-order valence-electron chi connectivity index (χ4n) is 1.41. The van der Waals surface area contributed by atoms with Crippen LogP contribution in [0.2, 0.25) is 0 Å². The lowest BCUT2D eigenvalue weighted by molar-refractivity contribution is 0.303. The molecule has 6 heteroatoms. The quantitative estimate of drug-likeness (QED) is 0.906. The first-order valence-electron chi connectivity index (χ1n) is 5.64. The minimum atomic E-state index is -0.237. The molecule has 1 atom stereocenters. The Labute approximate surface area is 119 Å². The molecule has 0 bridgehead atoms. The predicted octanol–water partition coefficient (Wildman–Crippen LogP) is 3.91. The van der Waals surface area contributed by atoms with Gasteiger partial charge in [0, 0.05) is 0 Å². The second kappa shape index (κ2) is 4.75. The number of rotatable bonds is 2. The van der Waals surface area contributed by atoms with Crippen LogP contribution in [0.3, 0.4) is 0 Å². The molecule has 98 valence electrons. The van der Waals surface area contributed by atoms with E-state index in [-0.39, 0.29) is 11.5 Å². The molecule has 0 saturated heterocycles. The van der Waals surface area contributed by atoms with Gasteiger partial charge in [-0.15, -0.1) is 11.3 Å². The summed E-state index contributed by atoms with van der Waals surface area (Å²) >= 11 is 5.06. The Hall–Kier alpha value is -0.720. The highest BCUT2D eigenvalue weighted by Crippen LogP contribution is 2.35. The van der Waals surface area contributed by atoms with Crippen LogP contribution in [0.25, 0.3) is 10.8 Å². The fourth-order valence-corrected chi connectivity index (χ4v) is 2.87. The number of aryl methyl sites for hydroxylation is 1. The molecule has 2 N–H and O–H groups in total. The van der Waals surface area contributed by atoms with Gasteiger partial charge in [0.05, 0.1) is 14.7 Å². The number of hydrogen-bond acceptors (Lipinski definition) is 5. The molecule has 18 heavy (non-hydrogen) atoms. The van der Waals surface area contributed by atoms with E-state index in [1.807, 2.05) is 13.0 Å². The Kier molecular flexibility index (Phi) is 3.62. The van der Waals surface area contributed by atoms with Gasteiger partial charge in [-0.2, -0.15) is 4.98 Å². The maximum Gasteiger partial charge on any atom is 0.268 e. The van der Waals surface area contributed by atoms with E-state index in [0.717, 1.165) is 14.2 Å². The van der Waals surface area contributed by atoms with Crippen LogP contribution >= 0.6 is 27.3 Å². The molecule has 0 spiro atoms. The zero-order chi connectivity index (χ0) is 13.5. The first-order chi connectivity index (χ1) is 8.29. The second-order valence-corrected chi connectivity index (χ2v) is 7.74. The van der Waals surface area contributed by atoms with Gasteiger partial charge < -0.3 is 10.3 Å². The third-order valence-electron chi connectivity index (χ3n) is 2.72. The first-order valence-corrected chi connectivity index (χ1v) is 7.25. The zero-order valence-corrected chi connectivity index (χ0v) is 13.2. The summed E-state index contributed by atoms with van der Waals surface area (Å²) in [5.41, 5.74) is 7.18. The Morgan fingerprint density at radius 3 is 2.61 bits per heavy atom. The molecular formula is C12H16BrN3OS. The van der Waals surface area contributed by atoms with E-state index in [1.165, 1.54) is 0 Å². The molecule has 0 aliphatic heterocycles.